The summed E-state index contributed by atoms with van der Waals surface area (Å²) >= 11 is 0. The van der Waals surface area contributed by atoms with Crippen molar-refractivity contribution in [1.82, 2.24) is 4.72 Å². The Morgan fingerprint density at radius 2 is 1.36 bits per heavy atom. The molecule has 0 aliphatic rings. The minimum Gasteiger partial charge on any atom is -0.294 e. The molecule has 0 spiro atoms. The Hall–Kier alpha value is -2.80. The zero-order valence-corrected chi connectivity index (χ0v) is 13.8. The van der Waals surface area contributed by atoms with Gasteiger partial charge in [-0.15, -0.1) is 0 Å². The summed E-state index contributed by atoms with van der Waals surface area (Å²) in [5.41, 5.74) is 1.18. The molecule has 7 heteroatoms. The van der Waals surface area contributed by atoms with E-state index in [0.717, 1.165) is 6.08 Å². The Balaban J connectivity index is 1.90. The number of halogens is 2. The second kappa shape index (κ2) is 8.34. The van der Waals surface area contributed by atoms with E-state index in [1.165, 1.54) is 66.9 Å². The van der Waals surface area contributed by atoms with Gasteiger partial charge in [-0.25, -0.2) is 17.2 Å². The molecule has 2 aromatic rings. The molecule has 25 heavy (non-hydrogen) atoms. The molecule has 0 aliphatic carbocycles. The third-order valence-electron chi connectivity index (χ3n) is 3.06. The van der Waals surface area contributed by atoms with E-state index in [-0.39, 0.29) is 0 Å². The highest BCUT2D eigenvalue weighted by Gasteiger charge is 2.12. The molecule has 0 bridgehead atoms. The van der Waals surface area contributed by atoms with Gasteiger partial charge in [0.15, 0.2) is 5.78 Å². The van der Waals surface area contributed by atoms with E-state index >= 15 is 0 Å². The van der Waals surface area contributed by atoms with Crippen LogP contribution in [0.5, 0.6) is 0 Å². The summed E-state index contributed by atoms with van der Waals surface area (Å²) in [6.45, 7) is 0. The summed E-state index contributed by atoms with van der Waals surface area (Å²) in [5.74, 6) is -2.13. The SMILES string of the molecule is O=C(C=Cc1ccc(F)cc1)CS(=O)(=O)N/C=C/c1ccc(F)cc1. The second-order valence-corrected chi connectivity index (χ2v) is 6.87. The number of rotatable bonds is 7. The molecule has 0 aromatic heterocycles. The second-order valence-electron chi connectivity index (χ2n) is 5.11. The van der Waals surface area contributed by atoms with Crippen LogP contribution in [0.3, 0.4) is 0 Å². The van der Waals surface area contributed by atoms with Crippen LogP contribution in [0.4, 0.5) is 8.78 Å². The smallest absolute Gasteiger partial charge is 0.239 e. The molecule has 0 radical (unpaired) electrons. The average molecular weight is 363 g/mol. The molecule has 130 valence electrons. The molecule has 0 atom stereocenters. The standard InChI is InChI=1S/C18H15F2NO3S/c19-16-6-1-14(2-7-16)5-10-18(22)13-25(23,24)21-12-11-15-3-8-17(20)9-4-15/h1-12,21H,13H2/b10-5?,12-11+. The fourth-order valence-corrected chi connectivity index (χ4v) is 2.68. The summed E-state index contributed by atoms with van der Waals surface area (Å²) < 4.78 is 51.3. The molecule has 0 heterocycles. The summed E-state index contributed by atoms with van der Waals surface area (Å²) in [4.78, 5) is 11.7. The van der Waals surface area contributed by atoms with Crippen molar-refractivity contribution in [2.45, 2.75) is 0 Å². The van der Waals surface area contributed by atoms with Crippen LogP contribution in [0.25, 0.3) is 12.2 Å². The van der Waals surface area contributed by atoms with Crippen molar-refractivity contribution < 1.29 is 22.0 Å². The maximum Gasteiger partial charge on any atom is 0.239 e. The largest absolute Gasteiger partial charge is 0.294 e. The monoisotopic (exact) mass is 363 g/mol. The normalized spacial score (nSPS) is 11.9. The predicted octanol–water partition coefficient (Wildman–Crippen LogP) is 3.14. The van der Waals surface area contributed by atoms with Crippen LogP contribution in [0, 0.1) is 11.6 Å². The third kappa shape index (κ3) is 6.68. The summed E-state index contributed by atoms with van der Waals surface area (Å²) in [7, 11) is -3.84. The number of carbonyl (C=O) groups is 1. The average Bonchev–Trinajstić information content (AvgIpc) is 2.55. The molecule has 0 aliphatic heterocycles. The molecule has 1 N–H and O–H groups in total. The molecule has 4 nitrogen and oxygen atoms in total. The molecule has 0 fully saturated rings. The van der Waals surface area contributed by atoms with Crippen molar-refractivity contribution in [2.24, 2.45) is 0 Å². The first-order valence-electron chi connectivity index (χ1n) is 7.23. The summed E-state index contributed by atoms with van der Waals surface area (Å²) in [6.07, 6.45) is 5.14. The number of allylic oxidation sites excluding steroid dienone is 1. The van der Waals surface area contributed by atoms with Crippen molar-refractivity contribution >= 4 is 28.0 Å². The van der Waals surface area contributed by atoms with Gasteiger partial charge in [0, 0.05) is 6.20 Å². The molecule has 0 amide bonds. The van der Waals surface area contributed by atoms with E-state index in [1.54, 1.807) is 0 Å². The number of sulfonamides is 1. The highest BCUT2D eigenvalue weighted by molar-refractivity contribution is 7.90. The number of ketones is 1. The molecule has 0 saturated carbocycles. The van der Waals surface area contributed by atoms with Crippen LogP contribution in [-0.4, -0.2) is 20.0 Å². The third-order valence-corrected chi connectivity index (χ3v) is 4.22. The van der Waals surface area contributed by atoms with Gasteiger partial charge in [-0.3, -0.25) is 9.52 Å². The van der Waals surface area contributed by atoms with Gasteiger partial charge in [0.1, 0.15) is 17.4 Å². The summed E-state index contributed by atoms with van der Waals surface area (Å²) in [5, 5.41) is 0. The lowest BCUT2D eigenvalue weighted by atomic mass is 10.2. The van der Waals surface area contributed by atoms with Gasteiger partial charge in [-0.1, -0.05) is 30.3 Å². The van der Waals surface area contributed by atoms with Gasteiger partial charge in [0.05, 0.1) is 0 Å². The highest BCUT2D eigenvalue weighted by atomic mass is 32.2. The lowest BCUT2D eigenvalue weighted by Crippen LogP contribution is -2.25. The highest BCUT2D eigenvalue weighted by Crippen LogP contribution is 2.06. The lowest BCUT2D eigenvalue weighted by Gasteiger charge is -2.01. The maximum absolute atomic E-state index is 12.8. The first-order valence-corrected chi connectivity index (χ1v) is 8.88. The van der Waals surface area contributed by atoms with Crippen LogP contribution in [0.15, 0.2) is 60.8 Å². The molecule has 2 aromatic carbocycles. The number of hydrogen-bond acceptors (Lipinski definition) is 3. The van der Waals surface area contributed by atoms with Crippen LogP contribution in [0.2, 0.25) is 0 Å². The van der Waals surface area contributed by atoms with Crippen molar-refractivity contribution in [3.63, 3.8) is 0 Å². The van der Waals surface area contributed by atoms with Gasteiger partial charge in [-0.2, -0.15) is 0 Å². The Bertz CT molecular complexity index is 887. The van der Waals surface area contributed by atoms with E-state index in [9.17, 15) is 22.0 Å². The Morgan fingerprint density at radius 1 is 0.880 bits per heavy atom. The molecule has 0 saturated heterocycles. The molecule has 0 unspecified atom stereocenters. The van der Waals surface area contributed by atoms with Crippen LogP contribution < -0.4 is 4.72 Å². The van der Waals surface area contributed by atoms with Crippen molar-refractivity contribution in [2.75, 3.05) is 5.75 Å². The predicted molar refractivity (Wildman–Crippen MR) is 92.8 cm³/mol. The van der Waals surface area contributed by atoms with Gasteiger partial charge < -0.3 is 0 Å². The van der Waals surface area contributed by atoms with Crippen LogP contribution in [-0.2, 0) is 14.8 Å². The minimum atomic E-state index is -3.84. The molecular formula is C18H15F2NO3S. The van der Waals surface area contributed by atoms with E-state index in [2.05, 4.69) is 4.72 Å². The van der Waals surface area contributed by atoms with Crippen molar-refractivity contribution in [1.29, 1.82) is 0 Å². The van der Waals surface area contributed by atoms with Gasteiger partial charge >= 0.3 is 0 Å². The van der Waals surface area contributed by atoms with Gasteiger partial charge in [0.25, 0.3) is 0 Å². The Morgan fingerprint density at radius 3 is 1.88 bits per heavy atom. The quantitative estimate of drug-likeness (QED) is 0.769. The zero-order chi connectivity index (χ0) is 18.3. The lowest BCUT2D eigenvalue weighted by molar-refractivity contribution is -0.112. The fourth-order valence-electron chi connectivity index (χ4n) is 1.85. The molecule has 2 rings (SSSR count). The van der Waals surface area contributed by atoms with Gasteiger partial charge in [0.2, 0.25) is 10.0 Å². The molecular weight excluding hydrogens is 348 g/mol. The summed E-state index contributed by atoms with van der Waals surface area (Å²) in [6, 6.07) is 10.9. The van der Waals surface area contributed by atoms with E-state index in [0.29, 0.717) is 11.1 Å². The van der Waals surface area contributed by atoms with Crippen molar-refractivity contribution in [3.8, 4) is 0 Å². The fraction of sp³-hybridized carbons (Fsp3) is 0.0556. The zero-order valence-electron chi connectivity index (χ0n) is 13.0. The maximum atomic E-state index is 12.8. The number of nitrogens with one attached hydrogen (secondary N) is 1. The van der Waals surface area contributed by atoms with Crippen molar-refractivity contribution in [3.05, 3.63) is 83.6 Å². The number of hydrogen-bond donors (Lipinski definition) is 1. The van der Waals surface area contributed by atoms with E-state index in [1.807, 2.05) is 0 Å². The van der Waals surface area contributed by atoms with E-state index in [4.69, 9.17) is 0 Å². The Kier molecular flexibility index (Phi) is 6.19. The van der Waals surface area contributed by atoms with Crippen LogP contribution >= 0.6 is 0 Å². The minimum absolute atomic E-state index is 0.392. The van der Waals surface area contributed by atoms with E-state index < -0.39 is 33.2 Å². The number of carbonyl (C=O) groups excluding carboxylic acids is 1. The number of benzene rings is 2. The Labute approximate surface area is 144 Å². The van der Waals surface area contributed by atoms with Gasteiger partial charge in [-0.05, 0) is 47.5 Å². The first kappa shape index (κ1) is 18.5. The topological polar surface area (TPSA) is 63.2 Å². The first-order chi connectivity index (χ1) is 11.8. The van der Waals surface area contributed by atoms with Crippen LogP contribution in [0.1, 0.15) is 11.1 Å².